The van der Waals surface area contributed by atoms with Crippen molar-refractivity contribution in [1.82, 2.24) is 0 Å². The van der Waals surface area contributed by atoms with Gasteiger partial charge in [-0.2, -0.15) is 0 Å². The molecular weight excluding hydrogens is 192 g/mol. The van der Waals surface area contributed by atoms with E-state index in [9.17, 15) is 0 Å². The fourth-order valence-corrected chi connectivity index (χ4v) is 2.49. The first-order valence-electron chi connectivity index (χ1n) is 5.60. The molecule has 2 aromatic carbocycles. The third-order valence-corrected chi connectivity index (χ3v) is 3.26. The summed E-state index contributed by atoms with van der Waals surface area (Å²) in [6.45, 7) is 8.23. The molecule has 0 saturated carbocycles. The molecule has 0 spiro atoms. The minimum atomic E-state index is 0.950. The van der Waals surface area contributed by atoms with E-state index in [0.29, 0.717) is 0 Å². The lowest BCUT2D eigenvalue weighted by Gasteiger charge is -2.21. The lowest BCUT2D eigenvalue weighted by atomic mass is 9.84. The second kappa shape index (κ2) is 3.34. The molecule has 0 bridgehead atoms. The van der Waals surface area contributed by atoms with Gasteiger partial charge in [0, 0.05) is 0 Å². The Balaban J connectivity index is 2.30. The SMILES string of the molecule is C=C1CC(=C)c2cc3ccccc3cc2C1. The Bertz CT molecular complexity index is 602. The summed E-state index contributed by atoms with van der Waals surface area (Å²) < 4.78 is 0. The van der Waals surface area contributed by atoms with Crippen molar-refractivity contribution >= 4 is 16.3 Å². The maximum atomic E-state index is 4.15. The Hall–Kier alpha value is -1.82. The first-order valence-corrected chi connectivity index (χ1v) is 5.60. The number of fused-ring (bicyclic) bond motifs is 2. The summed E-state index contributed by atoms with van der Waals surface area (Å²) in [5, 5.41) is 2.61. The molecule has 0 fully saturated rings. The minimum absolute atomic E-state index is 0.950. The van der Waals surface area contributed by atoms with Crippen LogP contribution in [0.25, 0.3) is 16.3 Å². The van der Waals surface area contributed by atoms with Crippen LogP contribution in [0.5, 0.6) is 0 Å². The summed E-state index contributed by atoms with van der Waals surface area (Å²) in [5.74, 6) is 0. The van der Waals surface area contributed by atoms with Gasteiger partial charge >= 0.3 is 0 Å². The summed E-state index contributed by atoms with van der Waals surface area (Å²) in [4.78, 5) is 0. The Labute approximate surface area is 95.9 Å². The molecule has 1 aliphatic carbocycles. The highest BCUT2D eigenvalue weighted by Gasteiger charge is 2.15. The highest BCUT2D eigenvalue weighted by atomic mass is 14.2. The van der Waals surface area contributed by atoms with E-state index < -0.39 is 0 Å². The average molecular weight is 206 g/mol. The lowest BCUT2D eigenvalue weighted by Crippen LogP contribution is -2.03. The molecule has 0 heteroatoms. The van der Waals surface area contributed by atoms with Gasteiger partial charge in [-0.25, -0.2) is 0 Å². The molecule has 0 atom stereocenters. The zero-order chi connectivity index (χ0) is 11.1. The van der Waals surface area contributed by atoms with E-state index in [-0.39, 0.29) is 0 Å². The van der Waals surface area contributed by atoms with E-state index in [1.807, 2.05) is 0 Å². The van der Waals surface area contributed by atoms with Gasteiger partial charge in [0.15, 0.2) is 0 Å². The Morgan fingerprint density at radius 1 is 0.875 bits per heavy atom. The van der Waals surface area contributed by atoms with Crippen LogP contribution in [0.15, 0.2) is 55.1 Å². The van der Waals surface area contributed by atoms with Crippen molar-refractivity contribution < 1.29 is 0 Å². The number of hydrogen-bond donors (Lipinski definition) is 0. The third-order valence-electron chi connectivity index (χ3n) is 3.26. The molecule has 0 aromatic heterocycles. The Morgan fingerprint density at radius 3 is 2.31 bits per heavy atom. The van der Waals surface area contributed by atoms with E-state index in [1.54, 1.807) is 0 Å². The fourth-order valence-electron chi connectivity index (χ4n) is 2.49. The van der Waals surface area contributed by atoms with Crippen LogP contribution in [-0.4, -0.2) is 0 Å². The van der Waals surface area contributed by atoms with Crippen LogP contribution in [0.2, 0.25) is 0 Å². The van der Waals surface area contributed by atoms with E-state index in [4.69, 9.17) is 0 Å². The van der Waals surface area contributed by atoms with Crippen molar-refractivity contribution in [1.29, 1.82) is 0 Å². The highest BCUT2D eigenvalue weighted by molar-refractivity contribution is 5.88. The monoisotopic (exact) mass is 206 g/mol. The summed E-state index contributed by atoms with van der Waals surface area (Å²) >= 11 is 0. The van der Waals surface area contributed by atoms with Gasteiger partial charge in [0.2, 0.25) is 0 Å². The molecule has 0 amide bonds. The van der Waals surface area contributed by atoms with Gasteiger partial charge in [-0.3, -0.25) is 0 Å². The van der Waals surface area contributed by atoms with Gasteiger partial charge in [-0.1, -0.05) is 49.1 Å². The summed E-state index contributed by atoms with van der Waals surface area (Å²) in [6.07, 6.45) is 1.95. The quantitative estimate of drug-likeness (QED) is 0.562. The summed E-state index contributed by atoms with van der Waals surface area (Å²) in [6, 6.07) is 13.0. The van der Waals surface area contributed by atoms with E-state index >= 15 is 0 Å². The van der Waals surface area contributed by atoms with Gasteiger partial charge in [0.25, 0.3) is 0 Å². The molecule has 0 unspecified atom stereocenters. The van der Waals surface area contributed by atoms with E-state index in [0.717, 1.165) is 12.8 Å². The largest absolute Gasteiger partial charge is 0.0992 e. The normalized spacial score (nSPS) is 15.2. The van der Waals surface area contributed by atoms with Crippen LogP contribution in [0.4, 0.5) is 0 Å². The third kappa shape index (κ3) is 1.38. The predicted octanol–water partition coefficient (Wildman–Crippen LogP) is 4.36. The zero-order valence-corrected chi connectivity index (χ0v) is 9.29. The number of hydrogen-bond acceptors (Lipinski definition) is 0. The molecule has 1 aliphatic rings. The summed E-state index contributed by atoms with van der Waals surface area (Å²) in [5.41, 5.74) is 5.18. The van der Waals surface area contributed by atoms with Gasteiger partial charge in [0.1, 0.15) is 0 Å². The second-order valence-electron chi connectivity index (χ2n) is 4.56. The van der Waals surface area contributed by atoms with Crippen LogP contribution >= 0.6 is 0 Å². The molecule has 78 valence electrons. The van der Waals surface area contributed by atoms with Crippen LogP contribution in [0.3, 0.4) is 0 Å². The van der Waals surface area contributed by atoms with Crippen molar-refractivity contribution in [3.05, 3.63) is 66.3 Å². The lowest BCUT2D eigenvalue weighted by molar-refractivity contribution is 1.04. The van der Waals surface area contributed by atoms with Crippen LogP contribution in [-0.2, 0) is 6.42 Å². The molecular formula is C16H14. The first kappa shape index (κ1) is 9.41. The predicted molar refractivity (Wildman–Crippen MR) is 70.4 cm³/mol. The van der Waals surface area contributed by atoms with Crippen molar-refractivity contribution in [2.75, 3.05) is 0 Å². The molecule has 0 aliphatic heterocycles. The number of benzene rings is 2. The van der Waals surface area contributed by atoms with Gasteiger partial charge < -0.3 is 0 Å². The van der Waals surface area contributed by atoms with Crippen LogP contribution in [0, 0.1) is 0 Å². The van der Waals surface area contributed by atoms with Gasteiger partial charge in [-0.15, -0.1) is 0 Å². The molecule has 0 heterocycles. The molecule has 3 rings (SSSR count). The first-order chi connectivity index (χ1) is 7.74. The second-order valence-corrected chi connectivity index (χ2v) is 4.56. The van der Waals surface area contributed by atoms with Crippen LogP contribution in [0.1, 0.15) is 17.5 Å². The maximum Gasteiger partial charge on any atom is -0.00602 e. The van der Waals surface area contributed by atoms with Gasteiger partial charge in [0.05, 0.1) is 0 Å². The van der Waals surface area contributed by atoms with Crippen molar-refractivity contribution in [3.8, 4) is 0 Å². The Morgan fingerprint density at radius 2 is 1.56 bits per heavy atom. The molecule has 0 saturated heterocycles. The standard InChI is InChI=1S/C16H14/c1-11-7-12(2)16-10-14-6-4-3-5-13(14)9-15(16)8-11/h3-6,9-10H,1-2,7-8H2. The van der Waals surface area contributed by atoms with Crippen molar-refractivity contribution in [3.63, 3.8) is 0 Å². The average Bonchev–Trinajstić information content (AvgIpc) is 2.27. The minimum Gasteiger partial charge on any atom is -0.0992 e. The number of allylic oxidation sites excluding steroid dienone is 2. The molecule has 2 aromatic rings. The zero-order valence-electron chi connectivity index (χ0n) is 9.29. The molecule has 0 radical (unpaired) electrons. The fraction of sp³-hybridized carbons (Fsp3) is 0.125. The topological polar surface area (TPSA) is 0 Å². The smallest absolute Gasteiger partial charge is 0.00602 e. The number of rotatable bonds is 0. The Kier molecular flexibility index (Phi) is 1.97. The summed E-state index contributed by atoms with van der Waals surface area (Å²) in [7, 11) is 0. The molecule has 16 heavy (non-hydrogen) atoms. The van der Waals surface area contributed by atoms with Crippen LogP contribution < -0.4 is 0 Å². The maximum absolute atomic E-state index is 4.15. The van der Waals surface area contributed by atoms with Gasteiger partial charge in [-0.05, 0) is 46.4 Å². The van der Waals surface area contributed by atoms with E-state index in [1.165, 1.54) is 33.0 Å². The van der Waals surface area contributed by atoms with Crippen molar-refractivity contribution in [2.24, 2.45) is 0 Å². The molecule has 0 N–H and O–H groups in total. The highest BCUT2D eigenvalue weighted by Crippen LogP contribution is 2.34. The molecule has 0 nitrogen and oxygen atoms in total. The van der Waals surface area contributed by atoms with E-state index in [2.05, 4.69) is 49.6 Å². The van der Waals surface area contributed by atoms with Crippen molar-refractivity contribution in [2.45, 2.75) is 12.8 Å².